The Bertz CT molecular complexity index is 597. The molecule has 0 saturated carbocycles. The monoisotopic (exact) mass is 344 g/mol. The summed E-state index contributed by atoms with van der Waals surface area (Å²) < 4.78 is 0. The van der Waals surface area contributed by atoms with E-state index >= 15 is 0 Å². The molecule has 138 valence electrons. The Hall–Kier alpha value is -2.04. The van der Waals surface area contributed by atoms with E-state index in [9.17, 15) is 4.79 Å². The molecule has 1 aromatic rings. The molecule has 1 saturated heterocycles. The van der Waals surface area contributed by atoms with Gasteiger partial charge in [-0.3, -0.25) is 4.79 Å². The Morgan fingerprint density at radius 1 is 1.40 bits per heavy atom. The lowest BCUT2D eigenvalue weighted by molar-refractivity contribution is -0.114. The van der Waals surface area contributed by atoms with E-state index in [1.807, 2.05) is 24.3 Å². The molecular weight excluding hydrogens is 312 g/mol. The maximum Gasteiger partial charge on any atom is 0.221 e. The van der Waals surface area contributed by atoms with Crippen molar-refractivity contribution in [3.8, 4) is 0 Å². The van der Waals surface area contributed by atoms with E-state index in [0.29, 0.717) is 6.54 Å². The normalized spacial score (nSPS) is 17.9. The third-order valence-electron chi connectivity index (χ3n) is 4.38. The summed E-state index contributed by atoms with van der Waals surface area (Å²) in [4.78, 5) is 18.4. The smallest absolute Gasteiger partial charge is 0.221 e. The number of anilines is 1. The predicted molar refractivity (Wildman–Crippen MR) is 105 cm³/mol. The lowest BCUT2D eigenvalue weighted by Crippen LogP contribution is -2.40. The number of likely N-dealkylation sites (tertiary alicyclic amines) is 1. The van der Waals surface area contributed by atoms with Gasteiger partial charge in [0.15, 0.2) is 5.96 Å². The molecule has 1 aliphatic rings. The van der Waals surface area contributed by atoms with Crippen molar-refractivity contribution in [1.29, 1.82) is 0 Å². The molecule has 1 unspecified atom stereocenters. The van der Waals surface area contributed by atoms with Crippen molar-refractivity contribution >= 4 is 17.6 Å². The minimum Gasteiger partial charge on any atom is -0.357 e. The molecule has 2 rings (SSSR count). The summed E-state index contributed by atoms with van der Waals surface area (Å²) in [6.45, 7) is 11.9. The Morgan fingerprint density at radius 2 is 2.20 bits per heavy atom. The Balaban J connectivity index is 2.01. The van der Waals surface area contributed by atoms with Crippen LogP contribution in [0.3, 0.4) is 0 Å². The summed E-state index contributed by atoms with van der Waals surface area (Å²) in [5.74, 6) is 2.47. The maximum absolute atomic E-state index is 11.2. The van der Waals surface area contributed by atoms with Crippen molar-refractivity contribution in [1.82, 2.24) is 10.2 Å². The van der Waals surface area contributed by atoms with Crippen LogP contribution in [0.5, 0.6) is 0 Å². The van der Waals surface area contributed by atoms with Crippen molar-refractivity contribution in [3.63, 3.8) is 0 Å². The number of aliphatic imine (C=N–C) groups is 1. The topological polar surface area (TPSA) is 56.7 Å². The molecule has 0 aromatic heterocycles. The van der Waals surface area contributed by atoms with Gasteiger partial charge in [0.1, 0.15) is 0 Å². The number of nitrogens with zero attached hydrogens (tertiary/aromatic N) is 2. The van der Waals surface area contributed by atoms with Gasteiger partial charge in [-0.2, -0.15) is 0 Å². The number of amides is 1. The SMILES string of the molecule is CCNC(=NCc1cccc(NC(C)=O)c1)N1CCC(CC(C)C)C1. The van der Waals surface area contributed by atoms with Crippen LogP contribution in [0.1, 0.15) is 46.1 Å². The summed E-state index contributed by atoms with van der Waals surface area (Å²) in [6, 6.07) is 7.89. The van der Waals surface area contributed by atoms with E-state index in [-0.39, 0.29) is 5.91 Å². The molecule has 5 heteroatoms. The number of rotatable bonds is 6. The van der Waals surface area contributed by atoms with Gasteiger partial charge in [0.25, 0.3) is 0 Å². The van der Waals surface area contributed by atoms with Gasteiger partial charge in [-0.05, 0) is 49.3 Å². The fourth-order valence-corrected chi connectivity index (χ4v) is 3.43. The van der Waals surface area contributed by atoms with Gasteiger partial charge in [-0.25, -0.2) is 4.99 Å². The largest absolute Gasteiger partial charge is 0.357 e. The molecule has 1 heterocycles. The van der Waals surface area contributed by atoms with Crippen LogP contribution in [0.15, 0.2) is 29.3 Å². The van der Waals surface area contributed by atoms with Gasteiger partial charge >= 0.3 is 0 Å². The van der Waals surface area contributed by atoms with Crippen molar-refractivity contribution in [3.05, 3.63) is 29.8 Å². The molecular formula is C20H32N4O. The number of nitrogens with one attached hydrogen (secondary N) is 2. The molecule has 1 atom stereocenters. The van der Waals surface area contributed by atoms with E-state index < -0.39 is 0 Å². The van der Waals surface area contributed by atoms with Crippen molar-refractivity contribution < 1.29 is 4.79 Å². The molecule has 25 heavy (non-hydrogen) atoms. The zero-order valence-corrected chi connectivity index (χ0v) is 16.0. The maximum atomic E-state index is 11.2. The fourth-order valence-electron chi connectivity index (χ4n) is 3.43. The van der Waals surface area contributed by atoms with E-state index in [1.165, 1.54) is 19.8 Å². The molecule has 0 aliphatic carbocycles. The molecule has 0 radical (unpaired) electrons. The number of hydrogen-bond acceptors (Lipinski definition) is 2. The third-order valence-corrected chi connectivity index (χ3v) is 4.38. The number of hydrogen-bond donors (Lipinski definition) is 2. The van der Waals surface area contributed by atoms with Gasteiger partial charge in [-0.15, -0.1) is 0 Å². The van der Waals surface area contributed by atoms with E-state index in [0.717, 1.165) is 48.7 Å². The van der Waals surface area contributed by atoms with Crippen LogP contribution in [-0.4, -0.2) is 36.4 Å². The average molecular weight is 345 g/mol. The van der Waals surface area contributed by atoms with Crippen molar-refractivity contribution in [2.75, 3.05) is 25.0 Å². The van der Waals surface area contributed by atoms with Gasteiger partial charge < -0.3 is 15.5 Å². The highest BCUT2D eigenvalue weighted by atomic mass is 16.1. The summed E-state index contributed by atoms with van der Waals surface area (Å²) in [6.07, 6.45) is 2.54. The summed E-state index contributed by atoms with van der Waals surface area (Å²) in [5.41, 5.74) is 1.92. The minimum absolute atomic E-state index is 0.0535. The number of carbonyl (C=O) groups is 1. The van der Waals surface area contributed by atoms with Crippen LogP contribution < -0.4 is 10.6 Å². The molecule has 2 N–H and O–H groups in total. The lowest BCUT2D eigenvalue weighted by atomic mass is 9.97. The number of carbonyl (C=O) groups excluding carboxylic acids is 1. The highest BCUT2D eigenvalue weighted by Gasteiger charge is 2.25. The van der Waals surface area contributed by atoms with Gasteiger partial charge in [-0.1, -0.05) is 26.0 Å². The first-order valence-electron chi connectivity index (χ1n) is 9.37. The second kappa shape index (κ2) is 9.44. The van der Waals surface area contributed by atoms with E-state index in [4.69, 9.17) is 4.99 Å². The molecule has 0 spiro atoms. The van der Waals surface area contributed by atoms with Crippen LogP contribution in [0, 0.1) is 11.8 Å². The fraction of sp³-hybridized carbons (Fsp3) is 0.600. The first kappa shape index (κ1) is 19.3. The van der Waals surface area contributed by atoms with Crippen LogP contribution >= 0.6 is 0 Å². The van der Waals surface area contributed by atoms with Gasteiger partial charge in [0.2, 0.25) is 5.91 Å². The molecule has 1 fully saturated rings. The van der Waals surface area contributed by atoms with Crippen molar-refractivity contribution in [2.24, 2.45) is 16.8 Å². The molecule has 1 aromatic carbocycles. The molecule has 5 nitrogen and oxygen atoms in total. The second-order valence-corrected chi connectivity index (χ2v) is 7.28. The number of guanidine groups is 1. The minimum atomic E-state index is -0.0535. The van der Waals surface area contributed by atoms with Crippen molar-refractivity contribution in [2.45, 2.75) is 47.1 Å². The van der Waals surface area contributed by atoms with Gasteiger partial charge in [0.05, 0.1) is 6.54 Å². The summed E-state index contributed by atoms with van der Waals surface area (Å²) in [5, 5.41) is 6.25. The quantitative estimate of drug-likeness (QED) is 0.614. The van der Waals surface area contributed by atoms with Crippen LogP contribution in [0.4, 0.5) is 5.69 Å². The third kappa shape index (κ3) is 6.40. The average Bonchev–Trinajstić information content (AvgIpc) is 2.98. The van der Waals surface area contributed by atoms with Gasteiger partial charge in [0, 0.05) is 32.2 Å². The second-order valence-electron chi connectivity index (χ2n) is 7.28. The molecule has 1 aliphatic heterocycles. The first-order chi connectivity index (χ1) is 12.0. The number of benzene rings is 1. The van der Waals surface area contributed by atoms with E-state index in [2.05, 4.69) is 36.3 Å². The van der Waals surface area contributed by atoms with Crippen LogP contribution in [-0.2, 0) is 11.3 Å². The molecule has 0 bridgehead atoms. The Labute approximate surface area is 151 Å². The predicted octanol–water partition coefficient (Wildman–Crippen LogP) is 3.48. The Kier molecular flexibility index (Phi) is 7.29. The van der Waals surface area contributed by atoms with Crippen LogP contribution in [0.2, 0.25) is 0 Å². The zero-order chi connectivity index (χ0) is 18.2. The van der Waals surface area contributed by atoms with E-state index in [1.54, 1.807) is 0 Å². The summed E-state index contributed by atoms with van der Waals surface area (Å²) >= 11 is 0. The van der Waals surface area contributed by atoms with Crippen LogP contribution in [0.25, 0.3) is 0 Å². The zero-order valence-electron chi connectivity index (χ0n) is 16.0. The highest BCUT2D eigenvalue weighted by molar-refractivity contribution is 5.88. The lowest BCUT2D eigenvalue weighted by Gasteiger charge is -2.22. The first-order valence-corrected chi connectivity index (χ1v) is 9.37. The molecule has 1 amide bonds. The Morgan fingerprint density at radius 3 is 2.88 bits per heavy atom. The highest BCUT2D eigenvalue weighted by Crippen LogP contribution is 2.23. The standard InChI is InChI=1S/C20H32N4O/c1-5-21-20(24-10-9-18(14-24)11-15(2)3)22-13-17-7-6-8-19(12-17)23-16(4)25/h6-8,12,15,18H,5,9-11,13-14H2,1-4H3,(H,21,22)(H,23,25). The summed E-state index contributed by atoms with van der Waals surface area (Å²) in [7, 11) is 0.